The van der Waals surface area contributed by atoms with Gasteiger partial charge in [-0.3, -0.25) is 0 Å². The molecule has 0 aliphatic carbocycles. The zero-order valence-electron chi connectivity index (χ0n) is 15.4. The minimum atomic E-state index is 0.219. The van der Waals surface area contributed by atoms with Crippen molar-refractivity contribution in [3.8, 4) is 17.1 Å². The predicted octanol–water partition coefficient (Wildman–Crippen LogP) is 5.08. The maximum atomic E-state index is 10.3. The van der Waals surface area contributed by atoms with Crippen LogP contribution in [0.15, 0.2) is 42.5 Å². The van der Waals surface area contributed by atoms with Crippen LogP contribution in [0.1, 0.15) is 38.2 Å². The second-order valence-corrected chi connectivity index (χ2v) is 7.19. The first kappa shape index (κ1) is 16.8. The summed E-state index contributed by atoms with van der Waals surface area (Å²) < 4.78 is 0. The van der Waals surface area contributed by atoms with E-state index in [9.17, 15) is 5.11 Å². The third kappa shape index (κ3) is 3.00. The van der Waals surface area contributed by atoms with Gasteiger partial charge < -0.3 is 10.0 Å². The maximum absolute atomic E-state index is 10.3. The van der Waals surface area contributed by atoms with Gasteiger partial charge >= 0.3 is 0 Å². The molecule has 0 spiro atoms. The lowest BCUT2D eigenvalue weighted by Gasteiger charge is -2.27. The first-order chi connectivity index (χ1) is 12.7. The van der Waals surface area contributed by atoms with Gasteiger partial charge in [0.15, 0.2) is 5.82 Å². The van der Waals surface area contributed by atoms with Crippen molar-refractivity contribution in [3.63, 3.8) is 0 Å². The Labute approximate surface area is 154 Å². The fourth-order valence-electron chi connectivity index (χ4n) is 3.97. The highest BCUT2D eigenvalue weighted by molar-refractivity contribution is 5.92. The molecule has 1 atom stereocenters. The van der Waals surface area contributed by atoms with Crippen LogP contribution in [0.2, 0.25) is 0 Å². The Kier molecular flexibility index (Phi) is 4.49. The molecular weight excluding hydrogens is 322 g/mol. The van der Waals surface area contributed by atoms with Crippen LogP contribution in [0.25, 0.3) is 22.3 Å². The molecule has 0 unspecified atom stereocenters. The summed E-state index contributed by atoms with van der Waals surface area (Å²) in [6.07, 6.45) is 4.78. The lowest BCUT2D eigenvalue weighted by Crippen LogP contribution is -2.30. The third-order valence-corrected chi connectivity index (χ3v) is 5.25. The number of rotatable bonds is 4. The van der Waals surface area contributed by atoms with Crippen LogP contribution in [0, 0.1) is 6.92 Å². The van der Waals surface area contributed by atoms with Gasteiger partial charge in [-0.1, -0.05) is 31.5 Å². The van der Waals surface area contributed by atoms with Gasteiger partial charge in [0, 0.05) is 18.0 Å². The molecule has 2 aromatic carbocycles. The predicted molar refractivity (Wildman–Crippen MR) is 107 cm³/mol. The van der Waals surface area contributed by atoms with Crippen molar-refractivity contribution < 1.29 is 5.11 Å². The zero-order chi connectivity index (χ0) is 18.1. The zero-order valence-corrected chi connectivity index (χ0v) is 15.4. The molecule has 3 aromatic rings. The molecule has 1 aliphatic heterocycles. The average molecular weight is 347 g/mol. The molecule has 1 saturated heterocycles. The summed E-state index contributed by atoms with van der Waals surface area (Å²) in [5.41, 5.74) is 2.80. The molecule has 2 heterocycles. The number of hydrogen-bond donors (Lipinski definition) is 1. The summed E-state index contributed by atoms with van der Waals surface area (Å²) in [6.45, 7) is 5.35. The smallest absolute Gasteiger partial charge is 0.165 e. The first-order valence-electron chi connectivity index (χ1n) is 9.51. The number of anilines is 1. The van der Waals surface area contributed by atoms with Crippen molar-refractivity contribution >= 4 is 16.7 Å². The topological polar surface area (TPSA) is 49.2 Å². The molecule has 4 heteroatoms. The number of phenols is 1. The van der Waals surface area contributed by atoms with Crippen LogP contribution < -0.4 is 4.90 Å². The lowest BCUT2D eigenvalue weighted by atomic mass is 10.1. The second-order valence-electron chi connectivity index (χ2n) is 7.19. The minimum Gasteiger partial charge on any atom is -0.507 e. The largest absolute Gasteiger partial charge is 0.507 e. The molecule has 0 amide bonds. The average Bonchev–Trinajstić information content (AvgIpc) is 3.09. The number of hydrogen-bond acceptors (Lipinski definition) is 4. The van der Waals surface area contributed by atoms with Gasteiger partial charge in [-0.15, -0.1) is 0 Å². The highest BCUT2D eigenvalue weighted by Gasteiger charge is 2.27. The van der Waals surface area contributed by atoms with E-state index in [1.54, 1.807) is 6.07 Å². The Morgan fingerprint density at radius 1 is 1.15 bits per heavy atom. The van der Waals surface area contributed by atoms with Crippen LogP contribution in [-0.4, -0.2) is 27.7 Å². The minimum absolute atomic E-state index is 0.219. The molecule has 1 fully saturated rings. The van der Waals surface area contributed by atoms with E-state index in [1.807, 2.05) is 18.2 Å². The van der Waals surface area contributed by atoms with Crippen molar-refractivity contribution in [2.24, 2.45) is 0 Å². The van der Waals surface area contributed by atoms with Crippen molar-refractivity contribution in [2.45, 2.75) is 45.6 Å². The van der Waals surface area contributed by atoms with Gasteiger partial charge in [-0.25, -0.2) is 9.97 Å². The van der Waals surface area contributed by atoms with Crippen molar-refractivity contribution in [2.75, 3.05) is 11.4 Å². The molecule has 0 radical (unpaired) electrons. The number of phenolic OH excluding ortho intramolecular Hbond substituents is 1. The number of nitrogens with zero attached hydrogens (tertiary/aromatic N) is 3. The molecule has 4 nitrogen and oxygen atoms in total. The monoisotopic (exact) mass is 347 g/mol. The van der Waals surface area contributed by atoms with E-state index in [2.05, 4.69) is 36.9 Å². The molecule has 134 valence electrons. The van der Waals surface area contributed by atoms with E-state index in [0.717, 1.165) is 23.3 Å². The maximum Gasteiger partial charge on any atom is 0.165 e. The first-order valence-corrected chi connectivity index (χ1v) is 9.51. The van der Waals surface area contributed by atoms with Gasteiger partial charge in [0.2, 0.25) is 0 Å². The van der Waals surface area contributed by atoms with E-state index in [0.29, 0.717) is 17.4 Å². The van der Waals surface area contributed by atoms with Gasteiger partial charge in [0.25, 0.3) is 0 Å². The highest BCUT2D eigenvalue weighted by Crippen LogP contribution is 2.35. The number of aryl methyl sites for hydroxylation is 1. The van der Waals surface area contributed by atoms with Gasteiger partial charge in [-0.2, -0.15) is 0 Å². The number of aromatic nitrogens is 2. The SMILES string of the molecule is CCC[C@@H]1CCCN1c1nc(-c2ccccc2O)nc2cc(C)ccc12. The van der Waals surface area contributed by atoms with Crippen LogP contribution in [0.4, 0.5) is 5.82 Å². The van der Waals surface area contributed by atoms with Gasteiger partial charge in [0.1, 0.15) is 11.6 Å². The summed E-state index contributed by atoms with van der Waals surface area (Å²) in [4.78, 5) is 12.2. The highest BCUT2D eigenvalue weighted by atomic mass is 16.3. The van der Waals surface area contributed by atoms with E-state index in [-0.39, 0.29) is 5.75 Å². The summed E-state index contributed by atoms with van der Waals surface area (Å²) in [6, 6.07) is 14.2. The molecular formula is C22H25N3O. The number of fused-ring (bicyclic) bond motifs is 1. The molecule has 1 aliphatic rings. The van der Waals surface area contributed by atoms with E-state index in [1.165, 1.54) is 31.2 Å². The number of para-hydroxylation sites is 1. The normalized spacial score (nSPS) is 17.2. The fraction of sp³-hybridized carbons (Fsp3) is 0.364. The summed E-state index contributed by atoms with van der Waals surface area (Å²) in [5.74, 6) is 1.82. The summed E-state index contributed by atoms with van der Waals surface area (Å²) >= 11 is 0. The number of benzene rings is 2. The van der Waals surface area contributed by atoms with Gasteiger partial charge in [-0.05, 0) is 56.0 Å². The van der Waals surface area contributed by atoms with Crippen molar-refractivity contribution in [3.05, 3.63) is 48.0 Å². The third-order valence-electron chi connectivity index (χ3n) is 5.25. The van der Waals surface area contributed by atoms with Crippen LogP contribution in [-0.2, 0) is 0 Å². The van der Waals surface area contributed by atoms with E-state index >= 15 is 0 Å². The van der Waals surface area contributed by atoms with E-state index < -0.39 is 0 Å². The Hall–Kier alpha value is -2.62. The molecule has 0 bridgehead atoms. The van der Waals surface area contributed by atoms with Gasteiger partial charge in [0.05, 0.1) is 11.1 Å². The molecule has 1 N–H and O–H groups in total. The van der Waals surface area contributed by atoms with Crippen LogP contribution in [0.5, 0.6) is 5.75 Å². The second kappa shape index (κ2) is 6.94. The molecule has 26 heavy (non-hydrogen) atoms. The Balaban J connectivity index is 1.92. The Morgan fingerprint density at radius 3 is 2.81 bits per heavy atom. The lowest BCUT2D eigenvalue weighted by molar-refractivity contribution is 0.477. The van der Waals surface area contributed by atoms with Crippen molar-refractivity contribution in [1.82, 2.24) is 9.97 Å². The van der Waals surface area contributed by atoms with Crippen molar-refractivity contribution in [1.29, 1.82) is 0 Å². The van der Waals surface area contributed by atoms with Crippen LogP contribution in [0.3, 0.4) is 0 Å². The standard InChI is InChI=1S/C22H25N3O/c1-3-7-16-8-6-13-25(16)22-17-12-11-15(2)14-19(17)23-21(24-22)18-9-4-5-10-20(18)26/h4-5,9-12,14,16,26H,3,6-8,13H2,1-2H3/t16-/m1/s1. The number of aromatic hydroxyl groups is 1. The summed E-state index contributed by atoms with van der Waals surface area (Å²) in [5, 5.41) is 11.4. The summed E-state index contributed by atoms with van der Waals surface area (Å²) in [7, 11) is 0. The Morgan fingerprint density at radius 2 is 2.00 bits per heavy atom. The molecule has 1 aromatic heterocycles. The molecule has 4 rings (SSSR count). The quantitative estimate of drug-likeness (QED) is 0.715. The van der Waals surface area contributed by atoms with Crippen LogP contribution >= 0.6 is 0 Å². The van der Waals surface area contributed by atoms with E-state index in [4.69, 9.17) is 9.97 Å². The fourth-order valence-corrected chi connectivity index (χ4v) is 3.97. The molecule has 0 saturated carbocycles. The Bertz CT molecular complexity index is 938.